The molecular weight excluding hydrogens is 194 g/mol. The van der Waals surface area contributed by atoms with Crippen LogP contribution in [-0.2, 0) is 0 Å². The van der Waals surface area contributed by atoms with Crippen LogP contribution in [0.2, 0.25) is 0 Å². The summed E-state index contributed by atoms with van der Waals surface area (Å²) in [7, 11) is 0. The third-order valence-electron chi connectivity index (χ3n) is 1.22. The van der Waals surface area contributed by atoms with Gasteiger partial charge >= 0.3 is 0 Å². The molecule has 0 saturated carbocycles. The molecule has 1 aromatic heterocycles. The van der Waals surface area contributed by atoms with E-state index in [4.69, 9.17) is 0 Å². The summed E-state index contributed by atoms with van der Waals surface area (Å²) in [6, 6.07) is 2.71. The van der Waals surface area contributed by atoms with Crippen LogP contribution in [0.1, 0.15) is 0 Å². The zero-order valence-electron chi connectivity index (χ0n) is 6.71. The van der Waals surface area contributed by atoms with E-state index in [9.17, 15) is 20.2 Å². The van der Waals surface area contributed by atoms with Gasteiger partial charge in [0.2, 0.25) is 5.82 Å². The number of rotatable bonds is 4. The Kier molecular flexibility index (Phi) is 2.74. The Bertz CT molecular complexity index is 332. The van der Waals surface area contributed by atoms with Gasteiger partial charge in [0.25, 0.3) is 0 Å². The summed E-state index contributed by atoms with van der Waals surface area (Å²) in [6.07, 6.45) is 1.27. The quantitative estimate of drug-likeness (QED) is 0.527. The van der Waals surface area contributed by atoms with Gasteiger partial charge < -0.3 is 0 Å². The third-order valence-corrected chi connectivity index (χ3v) is 1.22. The van der Waals surface area contributed by atoms with Gasteiger partial charge in [-0.1, -0.05) is 5.43 Å². The molecule has 0 atom stereocenters. The second-order valence-electron chi connectivity index (χ2n) is 2.14. The van der Waals surface area contributed by atoms with Crippen LogP contribution in [-0.4, -0.2) is 15.0 Å². The first kappa shape index (κ1) is 9.64. The van der Waals surface area contributed by atoms with Crippen molar-refractivity contribution >= 4 is 11.5 Å². The van der Waals surface area contributed by atoms with Crippen molar-refractivity contribution in [3.63, 3.8) is 0 Å². The third kappa shape index (κ3) is 2.55. The van der Waals surface area contributed by atoms with Gasteiger partial charge in [-0.25, -0.2) is 25.2 Å². The zero-order valence-corrected chi connectivity index (χ0v) is 6.71. The van der Waals surface area contributed by atoms with Crippen molar-refractivity contribution in [2.45, 2.75) is 0 Å². The van der Waals surface area contributed by atoms with Crippen molar-refractivity contribution in [2.75, 3.05) is 10.9 Å². The number of anilines is 2. The lowest BCUT2D eigenvalue weighted by Crippen LogP contribution is -2.14. The SMILES string of the molecule is O=[N+]([O-])Nc1cccnc1N[N+](=O)[O-]. The highest BCUT2D eigenvalue weighted by Crippen LogP contribution is 2.16. The number of nitro groups is 2. The van der Waals surface area contributed by atoms with Crippen LogP contribution in [0.5, 0.6) is 0 Å². The van der Waals surface area contributed by atoms with Gasteiger partial charge in [-0.2, -0.15) is 0 Å². The molecule has 0 unspecified atom stereocenters. The first-order chi connectivity index (χ1) is 6.59. The number of hydrazine groups is 2. The molecule has 0 fully saturated rings. The van der Waals surface area contributed by atoms with E-state index in [0.717, 1.165) is 0 Å². The average Bonchev–Trinajstić information content (AvgIpc) is 2.06. The van der Waals surface area contributed by atoms with Gasteiger partial charge in [0.15, 0.2) is 10.1 Å². The van der Waals surface area contributed by atoms with E-state index >= 15 is 0 Å². The molecular formula is C5H5N5O4. The molecule has 0 aliphatic carbocycles. The highest BCUT2D eigenvalue weighted by molar-refractivity contribution is 5.61. The lowest BCUT2D eigenvalue weighted by atomic mass is 10.4. The van der Waals surface area contributed by atoms with Crippen LogP contribution in [0.25, 0.3) is 0 Å². The smallest absolute Gasteiger partial charge is 0.220 e. The van der Waals surface area contributed by atoms with Gasteiger partial charge in [-0.3, -0.25) is 0 Å². The van der Waals surface area contributed by atoms with E-state index in [1.165, 1.54) is 18.3 Å². The van der Waals surface area contributed by atoms with Gasteiger partial charge in [0, 0.05) is 6.20 Å². The zero-order chi connectivity index (χ0) is 10.6. The van der Waals surface area contributed by atoms with Crippen molar-refractivity contribution < 1.29 is 10.1 Å². The molecule has 0 radical (unpaired) electrons. The summed E-state index contributed by atoms with van der Waals surface area (Å²) in [5, 5.41) is 18.5. The topological polar surface area (TPSA) is 123 Å². The highest BCUT2D eigenvalue weighted by atomic mass is 16.7. The fraction of sp³-hybridized carbons (Fsp3) is 0. The molecule has 0 aliphatic rings. The van der Waals surface area contributed by atoms with Crippen LogP contribution in [0, 0.1) is 20.2 Å². The summed E-state index contributed by atoms with van der Waals surface area (Å²) in [5.41, 5.74) is 3.42. The molecule has 0 saturated heterocycles. The van der Waals surface area contributed by atoms with Crippen LogP contribution < -0.4 is 10.9 Å². The number of nitrogens with zero attached hydrogens (tertiary/aromatic N) is 3. The van der Waals surface area contributed by atoms with Crippen LogP contribution in [0.4, 0.5) is 11.5 Å². The Morgan fingerprint density at radius 2 is 1.86 bits per heavy atom. The molecule has 14 heavy (non-hydrogen) atoms. The molecule has 9 heteroatoms. The van der Waals surface area contributed by atoms with Crippen molar-refractivity contribution in [1.82, 2.24) is 4.98 Å². The molecule has 0 bridgehead atoms. The lowest BCUT2D eigenvalue weighted by molar-refractivity contribution is -0.449. The summed E-state index contributed by atoms with van der Waals surface area (Å²) >= 11 is 0. The maximum Gasteiger partial charge on any atom is 0.220 e. The predicted octanol–water partition coefficient (Wildman–Crippen LogP) is 0.289. The fourth-order valence-corrected chi connectivity index (χ4v) is 0.769. The minimum atomic E-state index is -0.854. The Morgan fingerprint density at radius 1 is 1.21 bits per heavy atom. The first-order valence-electron chi connectivity index (χ1n) is 3.36. The Morgan fingerprint density at radius 3 is 2.43 bits per heavy atom. The van der Waals surface area contributed by atoms with E-state index in [-0.39, 0.29) is 11.5 Å². The van der Waals surface area contributed by atoms with Crippen LogP contribution in [0.3, 0.4) is 0 Å². The fourth-order valence-electron chi connectivity index (χ4n) is 0.769. The first-order valence-corrected chi connectivity index (χ1v) is 3.36. The molecule has 0 spiro atoms. The number of hydrogen-bond acceptors (Lipinski definition) is 5. The summed E-state index contributed by atoms with van der Waals surface area (Å²) in [6.45, 7) is 0. The van der Waals surface area contributed by atoms with E-state index in [1.54, 1.807) is 10.9 Å². The minimum absolute atomic E-state index is 0.0748. The summed E-state index contributed by atoms with van der Waals surface area (Å²) < 4.78 is 0. The Labute approximate surface area is 77.0 Å². The molecule has 1 aromatic rings. The average molecular weight is 199 g/mol. The predicted molar refractivity (Wildman–Crippen MR) is 45.5 cm³/mol. The molecule has 74 valence electrons. The van der Waals surface area contributed by atoms with Crippen LogP contribution >= 0.6 is 0 Å². The summed E-state index contributed by atoms with van der Waals surface area (Å²) in [4.78, 5) is 23.7. The molecule has 0 amide bonds. The van der Waals surface area contributed by atoms with Gasteiger partial charge in [-0.05, 0) is 12.1 Å². The van der Waals surface area contributed by atoms with Gasteiger partial charge in [-0.15, -0.1) is 5.43 Å². The van der Waals surface area contributed by atoms with Crippen molar-refractivity contribution in [3.05, 3.63) is 38.6 Å². The molecule has 1 heterocycles. The number of pyridine rings is 1. The van der Waals surface area contributed by atoms with E-state index in [1.807, 2.05) is 0 Å². The number of nitrogens with one attached hydrogen (secondary N) is 2. The minimum Gasteiger partial charge on any atom is -0.235 e. The highest BCUT2D eigenvalue weighted by Gasteiger charge is 2.10. The van der Waals surface area contributed by atoms with E-state index in [2.05, 4.69) is 4.98 Å². The van der Waals surface area contributed by atoms with Gasteiger partial charge in [0.1, 0.15) is 5.69 Å². The molecule has 9 nitrogen and oxygen atoms in total. The van der Waals surface area contributed by atoms with E-state index < -0.39 is 10.1 Å². The van der Waals surface area contributed by atoms with Gasteiger partial charge in [0.05, 0.1) is 0 Å². The van der Waals surface area contributed by atoms with Crippen LogP contribution in [0.15, 0.2) is 18.3 Å². The monoisotopic (exact) mass is 199 g/mol. The standard InChI is InChI=1S/C5H5N5O4/c11-9(12)7-4-2-1-3-6-5(4)8-10(13)14/h1-3,7H,(H,6,8). The Hall–Kier alpha value is -2.45. The second kappa shape index (κ2) is 3.98. The lowest BCUT2D eigenvalue weighted by Gasteiger charge is -2.01. The largest absolute Gasteiger partial charge is 0.235 e. The maximum absolute atomic E-state index is 10.1. The number of aromatic nitrogens is 1. The van der Waals surface area contributed by atoms with Crippen molar-refractivity contribution in [3.8, 4) is 0 Å². The van der Waals surface area contributed by atoms with E-state index in [0.29, 0.717) is 0 Å². The Balaban J connectivity index is 2.90. The molecule has 2 N–H and O–H groups in total. The molecule has 1 rings (SSSR count). The summed E-state index contributed by atoms with van der Waals surface area (Å²) in [5.74, 6) is -0.214. The van der Waals surface area contributed by atoms with Crippen molar-refractivity contribution in [1.29, 1.82) is 0 Å². The molecule has 0 aromatic carbocycles. The molecule has 0 aliphatic heterocycles. The van der Waals surface area contributed by atoms with Crippen molar-refractivity contribution in [2.24, 2.45) is 0 Å². The normalized spacial score (nSPS) is 9.14. The second-order valence-corrected chi connectivity index (χ2v) is 2.14. The number of hydrogen-bond donors (Lipinski definition) is 2. The maximum atomic E-state index is 10.1.